The first-order valence-corrected chi connectivity index (χ1v) is 7.36. The van der Waals surface area contributed by atoms with E-state index < -0.39 is 0 Å². The van der Waals surface area contributed by atoms with Crippen molar-refractivity contribution < 1.29 is 9.36 Å². The third kappa shape index (κ3) is 2.25. The van der Waals surface area contributed by atoms with Gasteiger partial charge in [0.25, 0.3) is 5.91 Å². The number of aromatic nitrogens is 1. The van der Waals surface area contributed by atoms with Gasteiger partial charge in [0.1, 0.15) is 4.70 Å². The normalized spacial score (nSPS) is 16.1. The molecule has 0 radical (unpaired) electrons. The number of thiazole rings is 1. The van der Waals surface area contributed by atoms with Crippen LogP contribution in [0, 0.1) is 0 Å². The largest absolute Gasteiger partial charge is 0.337 e. The molecule has 0 N–H and O–H groups in total. The first-order chi connectivity index (χ1) is 8.84. The van der Waals surface area contributed by atoms with Crippen LogP contribution in [0.15, 0.2) is 29.8 Å². The van der Waals surface area contributed by atoms with Crippen LogP contribution in [0.3, 0.4) is 0 Å². The molecular formula is C14H17N2OS+. The second-order valence-electron chi connectivity index (χ2n) is 4.76. The van der Waals surface area contributed by atoms with E-state index in [4.69, 9.17) is 0 Å². The van der Waals surface area contributed by atoms with E-state index in [0.717, 1.165) is 31.4 Å². The average Bonchev–Trinajstić information content (AvgIpc) is 2.83. The number of hydrogen-bond acceptors (Lipinski definition) is 2. The minimum atomic E-state index is 0.253. The predicted molar refractivity (Wildman–Crippen MR) is 72.5 cm³/mol. The van der Waals surface area contributed by atoms with Crippen molar-refractivity contribution >= 4 is 27.5 Å². The Kier molecular flexibility index (Phi) is 3.28. The van der Waals surface area contributed by atoms with E-state index in [2.05, 4.69) is 16.7 Å². The first-order valence-electron chi connectivity index (χ1n) is 6.48. The van der Waals surface area contributed by atoms with E-state index in [9.17, 15) is 4.79 Å². The van der Waals surface area contributed by atoms with Gasteiger partial charge in [0.05, 0.1) is 0 Å². The molecule has 0 saturated carbocycles. The Hall–Kier alpha value is -1.42. The van der Waals surface area contributed by atoms with Crippen LogP contribution in [-0.2, 0) is 11.3 Å². The van der Waals surface area contributed by atoms with Gasteiger partial charge in [-0.1, -0.05) is 23.5 Å². The second kappa shape index (κ2) is 5.06. The molecule has 0 spiro atoms. The van der Waals surface area contributed by atoms with Crippen LogP contribution in [0.5, 0.6) is 0 Å². The number of piperidine rings is 1. The molecular weight excluding hydrogens is 244 g/mol. The van der Waals surface area contributed by atoms with E-state index in [1.54, 1.807) is 11.3 Å². The number of fused-ring (bicyclic) bond motifs is 1. The molecule has 1 aromatic heterocycles. The zero-order valence-electron chi connectivity index (χ0n) is 10.3. The third-order valence-corrected chi connectivity index (χ3v) is 4.46. The monoisotopic (exact) mass is 261 g/mol. The van der Waals surface area contributed by atoms with Crippen LogP contribution in [-0.4, -0.2) is 23.9 Å². The molecule has 3 rings (SSSR count). The zero-order valence-corrected chi connectivity index (χ0v) is 11.2. The number of hydrogen-bond donors (Lipinski definition) is 0. The Balaban J connectivity index is 1.77. The second-order valence-corrected chi connectivity index (χ2v) is 5.65. The highest BCUT2D eigenvalue weighted by molar-refractivity contribution is 7.16. The molecule has 1 amide bonds. The van der Waals surface area contributed by atoms with Gasteiger partial charge in [-0.3, -0.25) is 4.79 Å². The number of carbonyl (C=O) groups is 1. The Labute approximate surface area is 111 Å². The molecule has 0 bridgehead atoms. The van der Waals surface area contributed by atoms with Crippen LogP contribution in [0.2, 0.25) is 0 Å². The SMILES string of the molecule is O=C(C[n+]1csc2ccccc21)N1CCCCC1. The Bertz CT molecular complexity index is 558. The van der Waals surface area contributed by atoms with E-state index in [0.29, 0.717) is 6.54 Å². The van der Waals surface area contributed by atoms with Crippen LogP contribution in [0.25, 0.3) is 10.2 Å². The summed E-state index contributed by atoms with van der Waals surface area (Å²) < 4.78 is 3.31. The summed E-state index contributed by atoms with van der Waals surface area (Å²) >= 11 is 1.69. The van der Waals surface area contributed by atoms with E-state index in [-0.39, 0.29) is 5.91 Å². The van der Waals surface area contributed by atoms with Crippen LogP contribution >= 0.6 is 11.3 Å². The van der Waals surface area contributed by atoms with E-state index in [1.807, 2.05) is 22.5 Å². The standard InChI is InChI=1S/C14H17N2OS/c17-14(15-8-4-1-5-9-15)10-16-11-18-13-7-3-2-6-12(13)16/h2-3,6-7,11H,1,4-5,8-10H2/q+1. The summed E-state index contributed by atoms with van der Waals surface area (Å²) in [6, 6.07) is 8.24. The summed E-state index contributed by atoms with van der Waals surface area (Å²) in [5.74, 6) is 0.253. The lowest BCUT2D eigenvalue weighted by atomic mass is 10.1. The summed E-state index contributed by atoms with van der Waals surface area (Å²) in [6.45, 7) is 2.34. The molecule has 2 heterocycles. The third-order valence-electron chi connectivity index (χ3n) is 3.50. The molecule has 94 valence electrons. The predicted octanol–water partition coefficient (Wildman–Crippen LogP) is 2.20. The maximum absolute atomic E-state index is 12.2. The summed E-state index contributed by atoms with van der Waals surface area (Å²) in [6.07, 6.45) is 3.57. The minimum Gasteiger partial charge on any atom is -0.337 e. The van der Waals surface area contributed by atoms with Crippen molar-refractivity contribution in [2.45, 2.75) is 25.8 Å². The molecule has 4 heteroatoms. The van der Waals surface area contributed by atoms with E-state index >= 15 is 0 Å². The molecule has 1 fully saturated rings. The van der Waals surface area contributed by atoms with Gasteiger partial charge in [-0.05, 0) is 25.3 Å². The number of nitrogens with zero attached hydrogens (tertiary/aromatic N) is 2. The number of carbonyl (C=O) groups excluding carboxylic acids is 1. The topological polar surface area (TPSA) is 24.2 Å². The smallest absolute Gasteiger partial charge is 0.288 e. The maximum atomic E-state index is 12.2. The lowest BCUT2D eigenvalue weighted by Gasteiger charge is -2.25. The molecule has 1 aliphatic rings. The molecule has 3 nitrogen and oxygen atoms in total. The summed E-state index contributed by atoms with van der Waals surface area (Å²) in [5.41, 5.74) is 3.21. The van der Waals surface area contributed by atoms with Gasteiger partial charge in [0, 0.05) is 19.2 Å². The fourth-order valence-electron chi connectivity index (χ4n) is 2.48. The molecule has 0 aliphatic carbocycles. The summed E-state index contributed by atoms with van der Waals surface area (Å²) in [7, 11) is 0. The van der Waals surface area contributed by atoms with Crippen molar-refractivity contribution in [3.63, 3.8) is 0 Å². The highest BCUT2D eigenvalue weighted by Gasteiger charge is 2.22. The Morgan fingerprint density at radius 1 is 1.22 bits per heavy atom. The summed E-state index contributed by atoms with van der Waals surface area (Å²) in [4.78, 5) is 14.2. The lowest BCUT2D eigenvalue weighted by Crippen LogP contribution is -2.45. The Morgan fingerprint density at radius 2 is 2.00 bits per heavy atom. The lowest BCUT2D eigenvalue weighted by molar-refractivity contribution is -0.654. The average molecular weight is 261 g/mol. The van der Waals surface area contributed by atoms with Crippen molar-refractivity contribution in [2.75, 3.05) is 13.1 Å². The van der Waals surface area contributed by atoms with Crippen LogP contribution < -0.4 is 4.57 Å². The van der Waals surface area contributed by atoms with Crippen molar-refractivity contribution in [3.05, 3.63) is 29.8 Å². The summed E-state index contributed by atoms with van der Waals surface area (Å²) in [5, 5.41) is 0. The highest BCUT2D eigenvalue weighted by Crippen LogP contribution is 2.15. The number of rotatable bonds is 2. The number of likely N-dealkylation sites (tertiary alicyclic amines) is 1. The zero-order chi connectivity index (χ0) is 12.4. The number of amides is 1. The quantitative estimate of drug-likeness (QED) is 0.761. The van der Waals surface area contributed by atoms with Crippen molar-refractivity contribution in [2.24, 2.45) is 0 Å². The fraction of sp³-hybridized carbons (Fsp3) is 0.429. The maximum Gasteiger partial charge on any atom is 0.288 e. The van der Waals surface area contributed by atoms with Crippen molar-refractivity contribution in [3.8, 4) is 0 Å². The van der Waals surface area contributed by atoms with Crippen LogP contribution in [0.1, 0.15) is 19.3 Å². The van der Waals surface area contributed by atoms with Gasteiger partial charge in [-0.25, -0.2) is 0 Å². The molecule has 2 aromatic rings. The molecule has 1 aromatic carbocycles. The minimum absolute atomic E-state index is 0.253. The van der Waals surface area contributed by atoms with Gasteiger partial charge < -0.3 is 4.90 Å². The number of benzene rings is 1. The van der Waals surface area contributed by atoms with Gasteiger partial charge in [-0.2, -0.15) is 4.57 Å². The van der Waals surface area contributed by atoms with Gasteiger partial charge >= 0.3 is 0 Å². The Morgan fingerprint density at radius 3 is 2.83 bits per heavy atom. The molecule has 18 heavy (non-hydrogen) atoms. The van der Waals surface area contributed by atoms with Crippen molar-refractivity contribution in [1.29, 1.82) is 0 Å². The van der Waals surface area contributed by atoms with Gasteiger partial charge in [-0.15, -0.1) is 0 Å². The first kappa shape index (κ1) is 11.7. The van der Waals surface area contributed by atoms with Crippen molar-refractivity contribution in [1.82, 2.24) is 4.90 Å². The molecule has 1 saturated heterocycles. The van der Waals surface area contributed by atoms with E-state index in [1.165, 1.54) is 11.1 Å². The van der Waals surface area contributed by atoms with Crippen LogP contribution in [0.4, 0.5) is 0 Å². The molecule has 0 unspecified atom stereocenters. The molecule has 1 aliphatic heterocycles. The number of para-hydroxylation sites is 1. The fourth-order valence-corrected chi connectivity index (χ4v) is 3.37. The van der Waals surface area contributed by atoms with Gasteiger partial charge in [0.15, 0.2) is 0 Å². The molecule has 0 atom stereocenters. The highest BCUT2D eigenvalue weighted by atomic mass is 32.1. The van der Waals surface area contributed by atoms with Gasteiger partial charge in [0.2, 0.25) is 17.6 Å².